The smallest absolute Gasteiger partial charge is 0.261 e. The molecule has 0 bridgehead atoms. The van der Waals surface area contributed by atoms with Crippen LogP contribution in [0.5, 0.6) is 0 Å². The van der Waals surface area contributed by atoms with Gasteiger partial charge in [0.1, 0.15) is 5.01 Å². The molecule has 138 valence electrons. The lowest BCUT2D eigenvalue weighted by Crippen LogP contribution is -2.14. The Bertz CT molecular complexity index is 1060. The van der Waals surface area contributed by atoms with Crippen molar-refractivity contribution >= 4 is 38.1 Å². The number of anilines is 2. The lowest BCUT2D eigenvalue weighted by Gasteiger charge is -2.08. The normalized spacial score (nSPS) is 13.9. The highest BCUT2D eigenvalue weighted by Crippen LogP contribution is 2.42. The van der Waals surface area contributed by atoms with E-state index in [-0.39, 0.29) is 10.8 Å². The summed E-state index contributed by atoms with van der Waals surface area (Å²) in [4.78, 5) is 12.5. The summed E-state index contributed by atoms with van der Waals surface area (Å²) in [5.41, 5.74) is 0.781. The third-order valence-electron chi connectivity index (χ3n) is 4.04. The molecule has 0 unspecified atom stereocenters. The van der Waals surface area contributed by atoms with Crippen LogP contribution in [0.25, 0.3) is 0 Å². The second-order valence-electron chi connectivity index (χ2n) is 6.17. The Labute approximate surface area is 160 Å². The van der Waals surface area contributed by atoms with Crippen molar-refractivity contribution in [3.63, 3.8) is 0 Å². The van der Waals surface area contributed by atoms with E-state index in [2.05, 4.69) is 20.2 Å². The standard InChI is InChI=1S/C18H16N4O3S2/c23-16(19-18-21-20-17(26-18)13-6-7-13)12-8-10-14(11-9-12)22-27(24,25)15-4-2-1-3-5-15/h1-5,8-11,13,22H,6-7H2,(H,19,21,23). The molecule has 3 aromatic rings. The van der Waals surface area contributed by atoms with Gasteiger partial charge in [0.05, 0.1) is 4.90 Å². The van der Waals surface area contributed by atoms with Crippen molar-refractivity contribution in [1.82, 2.24) is 10.2 Å². The quantitative estimate of drug-likeness (QED) is 0.660. The molecule has 1 saturated carbocycles. The highest BCUT2D eigenvalue weighted by Gasteiger charge is 2.27. The minimum Gasteiger partial charge on any atom is -0.296 e. The molecule has 4 rings (SSSR count). The summed E-state index contributed by atoms with van der Waals surface area (Å²) < 4.78 is 27.1. The highest BCUT2D eigenvalue weighted by atomic mass is 32.2. The Balaban J connectivity index is 1.42. The topological polar surface area (TPSA) is 101 Å². The maximum absolute atomic E-state index is 12.3. The van der Waals surface area contributed by atoms with Gasteiger partial charge in [-0.15, -0.1) is 10.2 Å². The number of hydrogen-bond donors (Lipinski definition) is 2. The van der Waals surface area contributed by atoms with Crippen molar-refractivity contribution in [2.24, 2.45) is 0 Å². The van der Waals surface area contributed by atoms with E-state index < -0.39 is 10.0 Å². The molecule has 2 N–H and O–H groups in total. The van der Waals surface area contributed by atoms with Gasteiger partial charge in [0.15, 0.2) is 0 Å². The van der Waals surface area contributed by atoms with Crippen molar-refractivity contribution < 1.29 is 13.2 Å². The van der Waals surface area contributed by atoms with Gasteiger partial charge < -0.3 is 0 Å². The fourth-order valence-electron chi connectivity index (χ4n) is 2.45. The van der Waals surface area contributed by atoms with Crippen LogP contribution in [0.4, 0.5) is 10.8 Å². The van der Waals surface area contributed by atoms with E-state index >= 15 is 0 Å². The summed E-state index contributed by atoms with van der Waals surface area (Å²) >= 11 is 1.39. The van der Waals surface area contributed by atoms with E-state index in [4.69, 9.17) is 0 Å². The van der Waals surface area contributed by atoms with Crippen LogP contribution in [0.2, 0.25) is 0 Å². The zero-order valence-electron chi connectivity index (χ0n) is 14.1. The number of aromatic nitrogens is 2. The largest absolute Gasteiger partial charge is 0.296 e. The predicted molar refractivity (Wildman–Crippen MR) is 104 cm³/mol. The molecule has 1 amide bonds. The first-order chi connectivity index (χ1) is 13.0. The Hall–Kier alpha value is -2.78. The number of carbonyl (C=O) groups is 1. The molecule has 0 spiro atoms. The number of sulfonamides is 1. The van der Waals surface area contributed by atoms with Crippen molar-refractivity contribution in [2.75, 3.05) is 10.0 Å². The summed E-state index contributed by atoms with van der Waals surface area (Å²) in [6.45, 7) is 0. The number of carbonyl (C=O) groups excluding carboxylic acids is 1. The van der Waals surface area contributed by atoms with E-state index in [1.807, 2.05) is 0 Å². The SMILES string of the molecule is O=C(Nc1nnc(C2CC2)s1)c1ccc(NS(=O)(=O)c2ccccc2)cc1. The van der Waals surface area contributed by atoms with E-state index in [0.717, 1.165) is 17.8 Å². The van der Waals surface area contributed by atoms with Gasteiger partial charge in [-0.2, -0.15) is 0 Å². The van der Waals surface area contributed by atoms with Gasteiger partial charge in [0.25, 0.3) is 15.9 Å². The van der Waals surface area contributed by atoms with Gasteiger partial charge in [-0.25, -0.2) is 8.42 Å². The van der Waals surface area contributed by atoms with Crippen LogP contribution in [-0.4, -0.2) is 24.5 Å². The zero-order valence-corrected chi connectivity index (χ0v) is 15.8. The van der Waals surface area contributed by atoms with Crippen LogP contribution in [0, 0.1) is 0 Å². The second kappa shape index (κ2) is 7.09. The summed E-state index contributed by atoms with van der Waals surface area (Å²) in [6.07, 6.45) is 2.26. The Morgan fingerprint density at radius 3 is 2.37 bits per heavy atom. The molecule has 1 aromatic heterocycles. The number of hydrogen-bond acceptors (Lipinski definition) is 6. The van der Waals surface area contributed by atoms with Crippen molar-refractivity contribution in [3.8, 4) is 0 Å². The van der Waals surface area contributed by atoms with Crippen LogP contribution in [-0.2, 0) is 10.0 Å². The molecule has 2 aromatic carbocycles. The maximum atomic E-state index is 12.3. The van der Waals surface area contributed by atoms with Gasteiger partial charge in [0.2, 0.25) is 5.13 Å². The molecule has 7 nitrogen and oxygen atoms in total. The lowest BCUT2D eigenvalue weighted by molar-refractivity contribution is 0.102. The van der Waals surface area contributed by atoms with E-state index in [9.17, 15) is 13.2 Å². The molecule has 0 atom stereocenters. The summed E-state index contributed by atoms with van der Waals surface area (Å²) in [5.74, 6) is 0.177. The number of benzene rings is 2. The molecule has 9 heteroatoms. The van der Waals surface area contributed by atoms with Gasteiger partial charge in [0, 0.05) is 17.2 Å². The monoisotopic (exact) mass is 400 g/mol. The second-order valence-corrected chi connectivity index (χ2v) is 8.86. The molecule has 1 aliphatic rings. The minimum atomic E-state index is -3.66. The zero-order chi connectivity index (χ0) is 18.9. The van der Waals surface area contributed by atoms with Crippen LogP contribution in [0.1, 0.15) is 34.1 Å². The Morgan fingerprint density at radius 2 is 1.70 bits per heavy atom. The van der Waals surface area contributed by atoms with Gasteiger partial charge >= 0.3 is 0 Å². The number of nitrogens with zero attached hydrogens (tertiary/aromatic N) is 2. The first kappa shape index (κ1) is 17.6. The van der Waals surface area contributed by atoms with Crippen LogP contribution in [0.15, 0.2) is 59.5 Å². The number of rotatable bonds is 6. The molecule has 27 heavy (non-hydrogen) atoms. The van der Waals surface area contributed by atoms with Crippen molar-refractivity contribution in [3.05, 3.63) is 65.2 Å². The summed E-state index contributed by atoms with van der Waals surface area (Å²) in [6, 6.07) is 14.3. The van der Waals surface area contributed by atoms with Gasteiger partial charge in [-0.05, 0) is 49.2 Å². The van der Waals surface area contributed by atoms with E-state index in [0.29, 0.717) is 22.3 Å². The van der Waals surface area contributed by atoms with Crippen molar-refractivity contribution in [1.29, 1.82) is 0 Å². The summed E-state index contributed by atoms with van der Waals surface area (Å²) in [5, 5.41) is 12.2. The highest BCUT2D eigenvalue weighted by molar-refractivity contribution is 7.92. The fraction of sp³-hybridized carbons (Fsp3) is 0.167. The van der Waals surface area contributed by atoms with Crippen molar-refractivity contribution in [2.45, 2.75) is 23.7 Å². The number of amides is 1. The molecule has 1 aliphatic carbocycles. The molecular weight excluding hydrogens is 384 g/mol. The summed E-state index contributed by atoms with van der Waals surface area (Å²) in [7, 11) is -3.66. The molecule has 1 heterocycles. The molecular formula is C18H16N4O3S2. The average molecular weight is 400 g/mol. The molecule has 0 saturated heterocycles. The first-order valence-corrected chi connectivity index (χ1v) is 10.6. The first-order valence-electron chi connectivity index (χ1n) is 8.34. The lowest BCUT2D eigenvalue weighted by atomic mass is 10.2. The average Bonchev–Trinajstić information content (AvgIpc) is 3.42. The van der Waals surface area contributed by atoms with Crippen LogP contribution >= 0.6 is 11.3 Å². The van der Waals surface area contributed by atoms with Crippen LogP contribution in [0.3, 0.4) is 0 Å². The molecule has 1 fully saturated rings. The third kappa shape index (κ3) is 4.15. The van der Waals surface area contributed by atoms with E-state index in [1.54, 1.807) is 42.5 Å². The van der Waals surface area contributed by atoms with E-state index in [1.165, 1.54) is 23.5 Å². The third-order valence-corrected chi connectivity index (χ3v) is 6.44. The Morgan fingerprint density at radius 1 is 1.00 bits per heavy atom. The van der Waals surface area contributed by atoms with Gasteiger partial charge in [-0.3, -0.25) is 14.8 Å². The number of nitrogens with one attached hydrogen (secondary N) is 2. The maximum Gasteiger partial charge on any atom is 0.261 e. The van der Waals surface area contributed by atoms with Crippen LogP contribution < -0.4 is 10.0 Å². The predicted octanol–water partition coefficient (Wildman–Crippen LogP) is 3.47. The van der Waals surface area contributed by atoms with Gasteiger partial charge in [-0.1, -0.05) is 29.5 Å². The Kier molecular flexibility index (Phi) is 4.63. The molecule has 0 radical (unpaired) electrons. The minimum absolute atomic E-state index is 0.176. The fourth-order valence-corrected chi connectivity index (χ4v) is 4.44. The molecule has 0 aliphatic heterocycles.